The van der Waals surface area contributed by atoms with E-state index in [1.807, 2.05) is 31.2 Å². The summed E-state index contributed by atoms with van der Waals surface area (Å²) >= 11 is 0. The molecule has 27 heavy (non-hydrogen) atoms. The van der Waals surface area contributed by atoms with Crippen LogP contribution in [0.1, 0.15) is 17.3 Å². The lowest BCUT2D eigenvalue weighted by molar-refractivity contribution is 0.415. The number of rotatable bonds is 5. The van der Waals surface area contributed by atoms with Crippen LogP contribution < -0.4 is 4.74 Å². The fourth-order valence-electron chi connectivity index (χ4n) is 2.67. The molecule has 0 aliphatic heterocycles. The Morgan fingerprint density at radius 3 is 2.52 bits per heavy atom. The predicted octanol–water partition coefficient (Wildman–Crippen LogP) is 4.44. The highest BCUT2D eigenvalue weighted by Crippen LogP contribution is 2.26. The van der Waals surface area contributed by atoms with Crippen LogP contribution in [-0.4, -0.2) is 22.2 Å². The van der Waals surface area contributed by atoms with Crippen LogP contribution in [0.4, 0.5) is 4.39 Å². The third-order valence-electron chi connectivity index (χ3n) is 4.13. The minimum Gasteiger partial charge on any atom is -0.497 e. The molecule has 0 aliphatic rings. The molecule has 0 bridgehead atoms. The molecular weight excluding hydrogens is 349 g/mol. The minimum atomic E-state index is -0.410. The first-order valence-electron chi connectivity index (χ1n) is 8.32. The number of oxazole rings is 1. The zero-order valence-electron chi connectivity index (χ0n) is 14.8. The topological polar surface area (TPSA) is 74.2 Å². The molecule has 0 amide bonds. The number of hydrogen-bond donors (Lipinski definition) is 0. The average molecular weight is 365 g/mol. The smallest absolute Gasteiger partial charge is 0.260 e. The largest absolute Gasteiger partial charge is 0.497 e. The van der Waals surface area contributed by atoms with Gasteiger partial charge in [-0.2, -0.15) is 4.98 Å². The van der Waals surface area contributed by atoms with Crippen molar-refractivity contribution in [3.8, 4) is 28.7 Å². The van der Waals surface area contributed by atoms with Crippen molar-refractivity contribution in [3.63, 3.8) is 0 Å². The van der Waals surface area contributed by atoms with E-state index in [9.17, 15) is 4.39 Å². The van der Waals surface area contributed by atoms with Gasteiger partial charge in [-0.05, 0) is 43.3 Å². The number of benzene rings is 2. The van der Waals surface area contributed by atoms with Gasteiger partial charge in [0.25, 0.3) is 5.89 Å². The minimum absolute atomic E-state index is 0.139. The van der Waals surface area contributed by atoms with Crippen molar-refractivity contribution in [3.05, 3.63) is 71.6 Å². The summed E-state index contributed by atoms with van der Waals surface area (Å²) in [6, 6.07) is 13.7. The molecule has 2 aromatic heterocycles. The molecule has 0 saturated carbocycles. The van der Waals surface area contributed by atoms with Gasteiger partial charge in [0.1, 0.15) is 17.3 Å². The number of hydrogen-bond acceptors (Lipinski definition) is 6. The predicted molar refractivity (Wildman–Crippen MR) is 95.7 cm³/mol. The Labute approximate surface area is 154 Å². The highest BCUT2D eigenvalue weighted by molar-refractivity contribution is 5.55. The first kappa shape index (κ1) is 17.0. The molecule has 0 spiro atoms. The van der Waals surface area contributed by atoms with E-state index in [4.69, 9.17) is 13.7 Å². The van der Waals surface area contributed by atoms with Gasteiger partial charge in [0.2, 0.25) is 5.89 Å². The maximum atomic E-state index is 13.9. The SMILES string of the molecule is COc1ccc(-c2nc(Cc3noc(-c4ccccc4F)n3)c(C)o2)cc1. The second kappa shape index (κ2) is 7.03. The van der Waals surface area contributed by atoms with Gasteiger partial charge in [-0.3, -0.25) is 0 Å². The van der Waals surface area contributed by atoms with Crippen LogP contribution in [0.3, 0.4) is 0 Å². The average Bonchev–Trinajstić information content (AvgIpc) is 3.30. The Morgan fingerprint density at radius 2 is 1.78 bits per heavy atom. The van der Waals surface area contributed by atoms with Gasteiger partial charge < -0.3 is 13.7 Å². The Kier molecular flexibility index (Phi) is 4.42. The van der Waals surface area contributed by atoms with Crippen LogP contribution in [0.25, 0.3) is 22.9 Å². The number of halogens is 1. The molecule has 0 fully saturated rings. The first-order chi connectivity index (χ1) is 13.1. The van der Waals surface area contributed by atoms with Crippen molar-refractivity contribution < 1.29 is 18.1 Å². The number of aromatic nitrogens is 3. The molecule has 6 nitrogen and oxygen atoms in total. The summed E-state index contributed by atoms with van der Waals surface area (Å²) in [6.45, 7) is 1.83. The first-order valence-corrected chi connectivity index (χ1v) is 8.32. The van der Waals surface area contributed by atoms with Crippen molar-refractivity contribution in [2.75, 3.05) is 7.11 Å². The Bertz CT molecular complexity index is 1070. The van der Waals surface area contributed by atoms with Gasteiger partial charge in [-0.25, -0.2) is 9.37 Å². The highest BCUT2D eigenvalue weighted by atomic mass is 19.1. The molecule has 0 N–H and O–H groups in total. The number of methoxy groups -OCH3 is 1. The van der Waals surface area contributed by atoms with E-state index in [1.165, 1.54) is 6.07 Å². The summed E-state index contributed by atoms with van der Waals surface area (Å²) in [5.41, 5.74) is 1.80. The second-order valence-electron chi connectivity index (χ2n) is 5.92. The van der Waals surface area contributed by atoms with Crippen LogP contribution >= 0.6 is 0 Å². The molecule has 0 saturated heterocycles. The normalized spacial score (nSPS) is 10.9. The maximum absolute atomic E-state index is 13.9. The van der Waals surface area contributed by atoms with Gasteiger partial charge >= 0.3 is 0 Å². The molecule has 2 aromatic carbocycles. The fraction of sp³-hybridized carbons (Fsp3) is 0.150. The molecule has 0 atom stereocenters. The highest BCUT2D eigenvalue weighted by Gasteiger charge is 2.17. The lowest BCUT2D eigenvalue weighted by Crippen LogP contribution is -1.93. The van der Waals surface area contributed by atoms with E-state index in [0.29, 0.717) is 29.6 Å². The molecular formula is C20H16FN3O3. The summed E-state index contributed by atoms with van der Waals surface area (Å²) in [4.78, 5) is 8.79. The van der Waals surface area contributed by atoms with Crippen molar-refractivity contribution in [2.24, 2.45) is 0 Å². The number of aryl methyl sites for hydroxylation is 1. The Balaban J connectivity index is 1.57. The van der Waals surface area contributed by atoms with Gasteiger partial charge in [-0.15, -0.1) is 0 Å². The van der Waals surface area contributed by atoms with Crippen LogP contribution in [0.2, 0.25) is 0 Å². The van der Waals surface area contributed by atoms with Crippen LogP contribution in [0, 0.1) is 12.7 Å². The lowest BCUT2D eigenvalue weighted by Gasteiger charge is -1.99. The van der Waals surface area contributed by atoms with Gasteiger partial charge in [-0.1, -0.05) is 17.3 Å². The third-order valence-corrected chi connectivity index (χ3v) is 4.13. The molecule has 4 rings (SSSR count). The molecule has 4 aromatic rings. The van der Waals surface area contributed by atoms with Crippen LogP contribution in [0.5, 0.6) is 5.75 Å². The summed E-state index contributed by atoms with van der Waals surface area (Å²) in [5.74, 6) is 2.06. The van der Waals surface area contributed by atoms with E-state index in [2.05, 4.69) is 15.1 Å². The standard InChI is InChI=1S/C20H16FN3O3/c1-12-17(22-19(26-12)13-7-9-14(25-2)10-8-13)11-18-23-20(27-24-18)15-5-3-4-6-16(15)21/h3-10H,11H2,1-2H3. The number of ether oxygens (including phenoxy) is 1. The maximum Gasteiger partial charge on any atom is 0.260 e. The summed E-state index contributed by atoms with van der Waals surface area (Å²) < 4.78 is 30.0. The van der Waals surface area contributed by atoms with Crippen molar-refractivity contribution in [1.82, 2.24) is 15.1 Å². The van der Waals surface area contributed by atoms with Crippen molar-refractivity contribution in [1.29, 1.82) is 0 Å². The van der Waals surface area contributed by atoms with Gasteiger partial charge in [0.05, 0.1) is 24.8 Å². The summed E-state index contributed by atoms with van der Waals surface area (Å²) in [6.07, 6.45) is 0.323. The molecule has 0 unspecified atom stereocenters. The quantitative estimate of drug-likeness (QED) is 0.521. The summed E-state index contributed by atoms with van der Waals surface area (Å²) in [5, 5.41) is 3.92. The van der Waals surface area contributed by atoms with Crippen LogP contribution in [-0.2, 0) is 6.42 Å². The third kappa shape index (κ3) is 3.44. The van der Waals surface area contributed by atoms with E-state index >= 15 is 0 Å². The van der Waals surface area contributed by atoms with E-state index in [0.717, 1.165) is 11.3 Å². The van der Waals surface area contributed by atoms with Gasteiger partial charge in [0.15, 0.2) is 5.82 Å². The molecule has 0 radical (unpaired) electrons. The van der Waals surface area contributed by atoms with E-state index < -0.39 is 5.82 Å². The Hall–Kier alpha value is -3.48. The van der Waals surface area contributed by atoms with E-state index in [1.54, 1.807) is 25.3 Å². The molecule has 136 valence electrons. The fourth-order valence-corrected chi connectivity index (χ4v) is 2.67. The van der Waals surface area contributed by atoms with Gasteiger partial charge in [0, 0.05) is 5.56 Å². The van der Waals surface area contributed by atoms with Crippen molar-refractivity contribution in [2.45, 2.75) is 13.3 Å². The molecule has 0 aliphatic carbocycles. The number of nitrogens with zero attached hydrogens (tertiary/aromatic N) is 3. The lowest BCUT2D eigenvalue weighted by atomic mass is 10.2. The molecule has 2 heterocycles. The Morgan fingerprint density at radius 1 is 1.00 bits per heavy atom. The zero-order chi connectivity index (χ0) is 18.8. The summed E-state index contributed by atoms with van der Waals surface area (Å²) in [7, 11) is 1.61. The monoisotopic (exact) mass is 365 g/mol. The van der Waals surface area contributed by atoms with Crippen molar-refractivity contribution >= 4 is 0 Å². The van der Waals surface area contributed by atoms with E-state index in [-0.39, 0.29) is 11.5 Å². The van der Waals surface area contributed by atoms with Crippen LogP contribution in [0.15, 0.2) is 57.5 Å². The molecule has 7 heteroatoms. The second-order valence-corrected chi connectivity index (χ2v) is 5.92. The zero-order valence-corrected chi connectivity index (χ0v) is 14.8.